The number of nitro benzene ring substituents is 1. The van der Waals surface area contributed by atoms with Crippen LogP contribution in [0.3, 0.4) is 0 Å². The molecule has 0 unspecified atom stereocenters. The number of nitrogens with zero attached hydrogens (tertiary/aromatic N) is 3. The summed E-state index contributed by atoms with van der Waals surface area (Å²) in [5.41, 5.74) is 2.85. The summed E-state index contributed by atoms with van der Waals surface area (Å²) in [5.74, 6) is 0. The fourth-order valence-corrected chi connectivity index (χ4v) is 3.53. The van der Waals surface area contributed by atoms with E-state index in [2.05, 4.69) is 36.2 Å². The van der Waals surface area contributed by atoms with Crippen LogP contribution >= 0.6 is 0 Å². The molecule has 0 amide bonds. The van der Waals surface area contributed by atoms with Crippen LogP contribution in [0.15, 0.2) is 42.5 Å². The lowest BCUT2D eigenvalue weighted by Gasteiger charge is -2.35. The van der Waals surface area contributed by atoms with E-state index in [1.807, 2.05) is 18.2 Å². The first-order valence-electron chi connectivity index (χ1n) is 9.32. The minimum Gasteiger partial charge on any atom is -0.375 e. The van der Waals surface area contributed by atoms with Crippen LogP contribution in [-0.2, 0) is 17.8 Å². The number of anilines is 1. The molecule has 7 heteroatoms. The molecule has 7 nitrogen and oxygen atoms in total. The van der Waals surface area contributed by atoms with Crippen LogP contribution in [0.5, 0.6) is 0 Å². The third-order valence-corrected chi connectivity index (χ3v) is 4.73. The van der Waals surface area contributed by atoms with Gasteiger partial charge in [-0.2, -0.15) is 5.26 Å². The molecule has 0 spiro atoms. The lowest BCUT2D eigenvalue weighted by molar-refractivity contribution is -0.384. The van der Waals surface area contributed by atoms with Gasteiger partial charge >= 0.3 is 0 Å². The van der Waals surface area contributed by atoms with Crippen LogP contribution in [0.4, 0.5) is 11.4 Å². The summed E-state index contributed by atoms with van der Waals surface area (Å²) < 4.78 is 5.77. The van der Waals surface area contributed by atoms with Crippen molar-refractivity contribution in [2.24, 2.45) is 0 Å². The summed E-state index contributed by atoms with van der Waals surface area (Å²) in [4.78, 5) is 13.1. The van der Waals surface area contributed by atoms with Crippen LogP contribution in [-0.4, -0.2) is 35.1 Å². The van der Waals surface area contributed by atoms with Crippen LogP contribution < -0.4 is 5.32 Å². The normalized spacial score (nSPS) is 19.8. The molecule has 2 aromatic carbocycles. The lowest BCUT2D eigenvalue weighted by Crippen LogP contribution is -2.44. The summed E-state index contributed by atoms with van der Waals surface area (Å²) in [6.45, 7) is 7.40. The second-order valence-corrected chi connectivity index (χ2v) is 7.22. The molecule has 1 fully saturated rings. The Morgan fingerprint density at radius 3 is 2.43 bits per heavy atom. The summed E-state index contributed by atoms with van der Waals surface area (Å²) in [5, 5.41) is 23.2. The number of hydrogen-bond acceptors (Lipinski definition) is 6. The Labute approximate surface area is 164 Å². The van der Waals surface area contributed by atoms with Crippen LogP contribution in [0.2, 0.25) is 0 Å². The van der Waals surface area contributed by atoms with E-state index >= 15 is 0 Å². The number of morpholine rings is 1. The van der Waals surface area contributed by atoms with E-state index < -0.39 is 4.92 Å². The smallest absolute Gasteiger partial charge is 0.293 e. The van der Waals surface area contributed by atoms with E-state index in [1.54, 1.807) is 12.1 Å². The van der Waals surface area contributed by atoms with Crippen molar-refractivity contribution < 1.29 is 9.66 Å². The fraction of sp³-hybridized carbons (Fsp3) is 0.381. The van der Waals surface area contributed by atoms with Gasteiger partial charge in [0.1, 0.15) is 5.69 Å². The molecular formula is C21H24N4O3. The Balaban J connectivity index is 1.61. The van der Waals surface area contributed by atoms with Crippen molar-refractivity contribution >= 4 is 11.4 Å². The Morgan fingerprint density at radius 2 is 1.82 bits per heavy atom. The highest BCUT2D eigenvalue weighted by Crippen LogP contribution is 2.26. The van der Waals surface area contributed by atoms with Crippen molar-refractivity contribution in [3.8, 4) is 6.07 Å². The number of nitro groups is 1. The van der Waals surface area contributed by atoms with Gasteiger partial charge in [0.05, 0.1) is 28.8 Å². The molecular weight excluding hydrogens is 356 g/mol. The number of hydrogen-bond donors (Lipinski definition) is 1. The Bertz CT molecular complexity index is 866. The Morgan fingerprint density at radius 1 is 1.18 bits per heavy atom. The number of nitrogens with one attached hydrogen (secondary N) is 1. The minimum atomic E-state index is -0.476. The Hall–Kier alpha value is -2.95. The van der Waals surface area contributed by atoms with Gasteiger partial charge in [0.2, 0.25) is 0 Å². The number of benzene rings is 2. The first-order chi connectivity index (χ1) is 13.4. The van der Waals surface area contributed by atoms with Crippen molar-refractivity contribution in [3.05, 3.63) is 69.3 Å². The van der Waals surface area contributed by atoms with Gasteiger partial charge in [-0.05, 0) is 37.1 Å². The molecule has 2 atom stereocenters. The zero-order chi connectivity index (χ0) is 20.1. The summed E-state index contributed by atoms with van der Waals surface area (Å²) >= 11 is 0. The van der Waals surface area contributed by atoms with Gasteiger partial charge in [-0.15, -0.1) is 0 Å². The molecule has 0 radical (unpaired) electrons. The molecule has 0 aromatic heterocycles. The average Bonchev–Trinajstić information content (AvgIpc) is 2.66. The molecule has 0 saturated carbocycles. The van der Waals surface area contributed by atoms with E-state index in [-0.39, 0.29) is 23.5 Å². The van der Waals surface area contributed by atoms with Gasteiger partial charge in [0.25, 0.3) is 5.69 Å². The fourth-order valence-electron chi connectivity index (χ4n) is 3.53. The van der Waals surface area contributed by atoms with Crippen molar-refractivity contribution in [1.29, 1.82) is 5.26 Å². The predicted molar refractivity (Wildman–Crippen MR) is 107 cm³/mol. The van der Waals surface area contributed by atoms with Crippen molar-refractivity contribution in [2.75, 3.05) is 18.4 Å². The van der Waals surface area contributed by atoms with Crippen molar-refractivity contribution in [1.82, 2.24) is 4.90 Å². The quantitative estimate of drug-likeness (QED) is 0.607. The first-order valence-corrected chi connectivity index (χ1v) is 9.32. The SMILES string of the molecule is C[C@H]1CN(Cc2ccc(CNc3ccc(C#N)cc3[N+](=O)[O-])cc2)C[C@H](C)O1. The number of rotatable bonds is 6. The van der Waals surface area contributed by atoms with E-state index in [1.165, 1.54) is 11.6 Å². The predicted octanol–water partition coefficient (Wildman–Crippen LogP) is 3.69. The Kier molecular flexibility index (Phi) is 6.24. The summed E-state index contributed by atoms with van der Waals surface area (Å²) in [6.07, 6.45) is 0.492. The zero-order valence-electron chi connectivity index (χ0n) is 16.1. The van der Waals surface area contributed by atoms with Gasteiger partial charge in [0.15, 0.2) is 0 Å². The van der Waals surface area contributed by atoms with Crippen LogP contribution in [0.25, 0.3) is 0 Å². The molecule has 28 heavy (non-hydrogen) atoms. The van der Waals surface area contributed by atoms with Gasteiger partial charge in [0, 0.05) is 32.2 Å². The van der Waals surface area contributed by atoms with Crippen LogP contribution in [0, 0.1) is 21.4 Å². The van der Waals surface area contributed by atoms with Crippen molar-refractivity contribution in [2.45, 2.75) is 39.1 Å². The molecule has 146 valence electrons. The lowest BCUT2D eigenvalue weighted by atomic mass is 10.1. The van der Waals surface area contributed by atoms with E-state index in [0.717, 1.165) is 25.2 Å². The average molecular weight is 380 g/mol. The largest absolute Gasteiger partial charge is 0.375 e. The topological polar surface area (TPSA) is 91.4 Å². The monoisotopic (exact) mass is 380 g/mol. The van der Waals surface area contributed by atoms with Gasteiger partial charge < -0.3 is 10.1 Å². The van der Waals surface area contributed by atoms with E-state index in [0.29, 0.717) is 12.2 Å². The maximum atomic E-state index is 11.2. The molecule has 1 N–H and O–H groups in total. The maximum absolute atomic E-state index is 11.2. The van der Waals surface area contributed by atoms with E-state index in [4.69, 9.17) is 10.00 Å². The number of ether oxygens (including phenoxy) is 1. The van der Waals surface area contributed by atoms with Gasteiger partial charge in [-0.1, -0.05) is 24.3 Å². The molecule has 1 heterocycles. The molecule has 1 aliphatic heterocycles. The molecule has 1 aliphatic rings. The molecule has 2 aromatic rings. The molecule has 1 saturated heterocycles. The molecule has 0 aliphatic carbocycles. The van der Waals surface area contributed by atoms with Crippen molar-refractivity contribution in [3.63, 3.8) is 0 Å². The maximum Gasteiger partial charge on any atom is 0.293 e. The summed E-state index contributed by atoms with van der Waals surface area (Å²) in [6, 6.07) is 14.6. The third kappa shape index (κ3) is 5.06. The van der Waals surface area contributed by atoms with Gasteiger partial charge in [-0.25, -0.2) is 0 Å². The zero-order valence-corrected chi connectivity index (χ0v) is 16.1. The highest BCUT2D eigenvalue weighted by molar-refractivity contribution is 5.64. The minimum absolute atomic E-state index is 0.0915. The standard InChI is InChI=1S/C21H24N4O3/c1-15-12-24(13-16(2)28-15)14-18-5-3-17(4-6-18)11-23-20-8-7-19(10-22)9-21(20)25(26)27/h3-9,15-16,23H,11-14H2,1-2H3/t15-,16-/m0/s1. The molecule has 0 bridgehead atoms. The second kappa shape index (κ2) is 8.83. The van der Waals surface area contributed by atoms with E-state index in [9.17, 15) is 10.1 Å². The number of nitriles is 1. The molecule has 3 rings (SSSR count). The van der Waals surface area contributed by atoms with Gasteiger partial charge in [-0.3, -0.25) is 15.0 Å². The highest BCUT2D eigenvalue weighted by atomic mass is 16.6. The second-order valence-electron chi connectivity index (χ2n) is 7.22. The highest BCUT2D eigenvalue weighted by Gasteiger charge is 2.22. The first kappa shape index (κ1) is 19.8. The van der Waals surface area contributed by atoms with Crippen LogP contribution in [0.1, 0.15) is 30.5 Å². The third-order valence-electron chi connectivity index (χ3n) is 4.73. The summed E-state index contributed by atoms with van der Waals surface area (Å²) in [7, 11) is 0.